The second-order valence-corrected chi connectivity index (χ2v) is 8.11. The molecule has 7 heteroatoms. The summed E-state index contributed by atoms with van der Waals surface area (Å²) >= 11 is 0. The van der Waals surface area contributed by atoms with Crippen molar-refractivity contribution in [2.45, 2.75) is 51.7 Å². The van der Waals surface area contributed by atoms with Crippen molar-refractivity contribution in [1.29, 1.82) is 0 Å². The topological polar surface area (TPSA) is 70.7 Å². The number of benzene rings is 2. The van der Waals surface area contributed by atoms with E-state index in [1.165, 1.54) is 5.56 Å². The van der Waals surface area contributed by atoms with Gasteiger partial charge in [0.05, 0.1) is 6.42 Å². The molecule has 1 aliphatic rings. The van der Waals surface area contributed by atoms with E-state index in [9.17, 15) is 9.59 Å². The third-order valence-electron chi connectivity index (χ3n) is 5.11. The Hall–Kier alpha value is -2.57. The largest absolute Gasteiger partial charge is 0.412 e. The lowest BCUT2D eigenvalue weighted by Gasteiger charge is -2.32. The average Bonchev–Trinajstić information content (AvgIpc) is 2.71. The smallest absolute Gasteiger partial charge is 0.410 e. The highest BCUT2D eigenvalue weighted by Gasteiger charge is 2.20. The normalized spacial score (nSPS) is 14.5. The van der Waals surface area contributed by atoms with Crippen LogP contribution in [0, 0.1) is 0 Å². The first-order valence-electron chi connectivity index (χ1n) is 10.6. The molecule has 1 saturated heterocycles. The highest BCUT2D eigenvalue weighted by Crippen LogP contribution is 2.15. The zero-order valence-electron chi connectivity index (χ0n) is 18.2. The Labute approximate surface area is 190 Å². The number of hydrogen-bond acceptors (Lipinski definition) is 4. The van der Waals surface area contributed by atoms with Crippen molar-refractivity contribution in [3.8, 4) is 5.75 Å². The summed E-state index contributed by atoms with van der Waals surface area (Å²) in [5, 5.41) is 5.83. The molecule has 2 amide bonds. The monoisotopic (exact) mass is 445 g/mol. The molecule has 1 heterocycles. The number of nitrogens with one attached hydrogen (secondary N) is 2. The van der Waals surface area contributed by atoms with E-state index in [-0.39, 0.29) is 30.4 Å². The molecular formula is C24H32ClN3O3. The Morgan fingerprint density at radius 3 is 2.26 bits per heavy atom. The van der Waals surface area contributed by atoms with Gasteiger partial charge in [0, 0.05) is 31.7 Å². The minimum atomic E-state index is -0.478. The van der Waals surface area contributed by atoms with Crippen LogP contribution in [0.5, 0.6) is 5.75 Å². The number of nitrogens with zero attached hydrogens (tertiary/aromatic N) is 1. The fourth-order valence-corrected chi connectivity index (χ4v) is 3.59. The third-order valence-corrected chi connectivity index (χ3v) is 5.11. The van der Waals surface area contributed by atoms with Gasteiger partial charge >= 0.3 is 6.09 Å². The van der Waals surface area contributed by atoms with Crippen LogP contribution >= 0.6 is 12.4 Å². The van der Waals surface area contributed by atoms with Crippen molar-refractivity contribution in [2.24, 2.45) is 0 Å². The summed E-state index contributed by atoms with van der Waals surface area (Å²) in [4.78, 5) is 26.5. The second kappa shape index (κ2) is 12.3. The van der Waals surface area contributed by atoms with E-state index in [2.05, 4.69) is 39.8 Å². The molecule has 0 saturated carbocycles. The van der Waals surface area contributed by atoms with Gasteiger partial charge in [-0.1, -0.05) is 42.5 Å². The Balaban J connectivity index is 0.00000341. The van der Waals surface area contributed by atoms with E-state index in [1.807, 2.05) is 32.0 Å². The third kappa shape index (κ3) is 8.59. The van der Waals surface area contributed by atoms with Gasteiger partial charge in [-0.15, -0.1) is 12.4 Å². The number of piperidine rings is 1. The van der Waals surface area contributed by atoms with Crippen LogP contribution in [0.4, 0.5) is 4.79 Å². The molecule has 0 atom stereocenters. The number of carbonyl (C=O) groups is 2. The summed E-state index contributed by atoms with van der Waals surface area (Å²) in [6.45, 7) is 6.69. The molecule has 0 unspecified atom stereocenters. The predicted molar refractivity (Wildman–Crippen MR) is 125 cm³/mol. The van der Waals surface area contributed by atoms with E-state index in [4.69, 9.17) is 4.74 Å². The fourth-order valence-electron chi connectivity index (χ4n) is 3.59. The summed E-state index contributed by atoms with van der Waals surface area (Å²) in [7, 11) is 0. The van der Waals surface area contributed by atoms with Gasteiger partial charge in [-0.2, -0.15) is 0 Å². The molecule has 0 radical (unpaired) electrons. The standard InChI is InChI=1S/C24H31N3O3.ClH/c1-18(2)25-24(29)30-22-10-8-19(9-11-22)16-23(28)26-21-12-14-27(15-13-21)17-20-6-4-3-5-7-20;/h3-11,18,21H,12-17H2,1-2H3,(H,25,29)(H,26,28);1H. The van der Waals surface area contributed by atoms with Gasteiger partial charge in [-0.25, -0.2) is 4.79 Å². The van der Waals surface area contributed by atoms with Crippen LogP contribution in [0.25, 0.3) is 0 Å². The SMILES string of the molecule is CC(C)NC(=O)Oc1ccc(CC(=O)NC2CCN(Cc3ccccc3)CC2)cc1.Cl. The summed E-state index contributed by atoms with van der Waals surface area (Å²) in [6, 6.07) is 17.8. The van der Waals surface area contributed by atoms with Gasteiger partial charge in [0.1, 0.15) is 5.75 Å². The lowest BCUT2D eigenvalue weighted by atomic mass is 10.0. The quantitative estimate of drug-likeness (QED) is 0.677. The van der Waals surface area contributed by atoms with Crippen LogP contribution in [0.3, 0.4) is 0 Å². The van der Waals surface area contributed by atoms with Gasteiger partial charge in [-0.3, -0.25) is 9.69 Å². The number of carbonyl (C=O) groups excluding carboxylic acids is 2. The molecule has 1 aliphatic heterocycles. The highest BCUT2D eigenvalue weighted by atomic mass is 35.5. The Bertz CT molecular complexity index is 820. The zero-order valence-corrected chi connectivity index (χ0v) is 19.0. The maximum atomic E-state index is 12.4. The summed E-state index contributed by atoms with van der Waals surface area (Å²) in [6.07, 6.45) is 1.78. The van der Waals surface area contributed by atoms with Crippen molar-refractivity contribution in [3.05, 3.63) is 65.7 Å². The number of likely N-dealkylation sites (tertiary alicyclic amines) is 1. The molecule has 31 heavy (non-hydrogen) atoms. The van der Waals surface area contributed by atoms with Crippen LogP contribution in [-0.2, 0) is 17.8 Å². The van der Waals surface area contributed by atoms with Gasteiger partial charge in [0.2, 0.25) is 5.91 Å². The highest BCUT2D eigenvalue weighted by molar-refractivity contribution is 5.85. The van der Waals surface area contributed by atoms with Gasteiger partial charge in [-0.05, 0) is 49.9 Å². The average molecular weight is 446 g/mol. The number of ether oxygens (including phenoxy) is 1. The minimum Gasteiger partial charge on any atom is -0.410 e. The van der Waals surface area contributed by atoms with Crippen LogP contribution in [0.1, 0.15) is 37.8 Å². The fraction of sp³-hybridized carbons (Fsp3) is 0.417. The van der Waals surface area contributed by atoms with Crippen molar-refractivity contribution in [3.63, 3.8) is 0 Å². The molecule has 0 bridgehead atoms. The van der Waals surface area contributed by atoms with Gasteiger partial charge in [0.15, 0.2) is 0 Å². The molecule has 2 aromatic carbocycles. The molecule has 2 aromatic rings. The Morgan fingerprint density at radius 2 is 1.65 bits per heavy atom. The molecule has 0 aromatic heterocycles. The summed E-state index contributed by atoms with van der Waals surface area (Å²) in [5.74, 6) is 0.492. The first-order chi connectivity index (χ1) is 14.5. The molecule has 6 nitrogen and oxygen atoms in total. The van der Waals surface area contributed by atoms with Gasteiger partial charge < -0.3 is 15.4 Å². The molecular weight excluding hydrogens is 414 g/mol. The van der Waals surface area contributed by atoms with Crippen molar-refractivity contribution >= 4 is 24.4 Å². The molecule has 3 rings (SSSR count). The summed E-state index contributed by atoms with van der Waals surface area (Å²) < 4.78 is 5.20. The maximum absolute atomic E-state index is 12.4. The second-order valence-electron chi connectivity index (χ2n) is 8.11. The number of halogens is 1. The lowest BCUT2D eigenvalue weighted by molar-refractivity contribution is -0.121. The van der Waals surface area contributed by atoms with Gasteiger partial charge in [0.25, 0.3) is 0 Å². The number of rotatable bonds is 7. The Morgan fingerprint density at radius 1 is 1.00 bits per heavy atom. The minimum absolute atomic E-state index is 0. The molecule has 1 fully saturated rings. The number of hydrogen-bond donors (Lipinski definition) is 2. The van der Waals surface area contributed by atoms with E-state index in [1.54, 1.807) is 12.1 Å². The number of amides is 2. The molecule has 0 spiro atoms. The van der Waals surface area contributed by atoms with Crippen LogP contribution in [0.2, 0.25) is 0 Å². The summed E-state index contributed by atoms with van der Waals surface area (Å²) in [5.41, 5.74) is 2.22. The first kappa shape index (κ1) is 24.7. The van der Waals surface area contributed by atoms with Crippen LogP contribution in [0.15, 0.2) is 54.6 Å². The van der Waals surface area contributed by atoms with Crippen molar-refractivity contribution < 1.29 is 14.3 Å². The van der Waals surface area contributed by atoms with Crippen molar-refractivity contribution in [2.75, 3.05) is 13.1 Å². The Kier molecular flexibility index (Phi) is 9.82. The zero-order chi connectivity index (χ0) is 21.3. The van der Waals surface area contributed by atoms with Crippen LogP contribution in [-0.4, -0.2) is 42.1 Å². The van der Waals surface area contributed by atoms with E-state index < -0.39 is 6.09 Å². The lowest BCUT2D eigenvalue weighted by Crippen LogP contribution is -2.44. The van der Waals surface area contributed by atoms with Crippen LogP contribution < -0.4 is 15.4 Å². The predicted octanol–water partition coefficient (Wildman–Crippen LogP) is 3.93. The molecule has 2 N–H and O–H groups in total. The maximum Gasteiger partial charge on any atom is 0.412 e. The molecule has 168 valence electrons. The first-order valence-corrected chi connectivity index (χ1v) is 10.6. The van der Waals surface area contributed by atoms with E-state index in [0.717, 1.165) is 38.0 Å². The van der Waals surface area contributed by atoms with E-state index in [0.29, 0.717) is 12.2 Å². The molecule has 0 aliphatic carbocycles. The van der Waals surface area contributed by atoms with Crippen molar-refractivity contribution in [1.82, 2.24) is 15.5 Å². The van der Waals surface area contributed by atoms with E-state index >= 15 is 0 Å².